The summed E-state index contributed by atoms with van der Waals surface area (Å²) in [5, 5.41) is 0. The first kappa shape index (κ1) is 12.1. The van der Waals surface area contributed by atoms with Gasteiger partial charge in [-0.1, -0.05) is 6.42 Å². The third-order valence-electron chi connectivity index (χ3n) is 3.79. The van der Waals surface area contributed by atoms with Gasteiger partial charge in [-0.15, -0.1) is 0 Å². The summed E-state index contributed by atoms with van der Waals surface area (Å²) in [7, 11) is 0. The van der Waals surface area contributed by atoms with Crippen molar-refractivity contribution in [3.05, 3.63) is 0 Å². The Balaban J connectivity index is 1.85. The maximum Gasteiger partial charge on any atom is 0.131 e. The Labute approximate surface area is 98.1 Å². The highest BCUT2D eigenvalue weighted by Crippen LogP contribution is 2.23. The normalized spacial score (nSPS) is 31.8. The van der Waals surface area contributed by atoms with Crippen molar-refractivity contribution in [3.63, 3.8) is 0 Å². The number of ketones is 1. The molecule has 0 saturated carbocycles. The zero-order valence-corrected chi connectivity index (χ0v) is 10.3. The molecule has 0 radical (unpaired) electrons. The van der Waals surface area contributed by atoms with Crippen molar-refractivity contribution >= 4 is 5.78 Å². The molecule has 2 fully saturated rings. The van der Waals surface area contributed by atoms with Gasteiger partial charge in [0.15, 0.2) is 0 Å². The molecule has 2 aliphatic heterocycles. The van der Waals surface area contributed by atoms with E-state index in [1.807, 2.05) is 0 Å². The monoisotopic (exact) mass is 225 g/mol. The van der Waals surface area contributed by atoms with Gasteiger partial charge < -0.3 is 4.74 Å². The van der Waals surface area contributed by atoms with Gasteiger partial charge in [-0.25, -0.2) is 0 Å². The fraction of sp³-hybridized carbons (Fsp3) is 0.923. The van der Waals surface area contributed by atoms with Gasteiger partial charge in [-0.2, -0.15) is 0 Å². The molecule has 0 aromatic carbocycles. The van der Waals surface area contributed by atoms with Crippen LogP contribution in [0.2, 0.25) is 0 Å². The lowest BCUT2D eigenvalue weighted by atomic mass is 9.96. The van der Waals surface area contributed by atoms with Crippen LogP contribution in [0.1, 0.15) is 39.0 Å². The first-order chi connectivity index (χ1) is 7.75. The summed E-state index contributed by atoms with van der Waals surface area (Å²) < 4.78 is 5.42. The van der Waals surface area contributed by atoms with Crippen molar-refractivity contribution in [3.8, 4) is 0 Å². The van der Waals surface area contributed by atoms with E-state index in [2.05, 4.69) is 4.90 Å². The number of rotatable bonds is 4. The third kappa shape index (κ3) is 3.29. The van der Waals surface area contributed by atoms with Crippen LogP contribution in [0.25, 0.3) is 0 Å². The van der Waals surface area contributed by atoms with Gasteiger partial charge in [0.2, 0.25) is 0 Å². The van der Waals surface area contributed by atoms with Gasteiger partial charge >= 0.3 is 0 Å². The van der Waals surface area contributed by atoms with E-state index in [0.717, 1.165) is 26.2 Å². The van der Waals surface area contributed by atoms with Crippen molar-refractivity contribution in [1.82, 2.24) is 4.90 Å². The molecule has 0 amide bonds. The molecule has 3 heteroatoms. The minimum absolute atomic E-state index is 0.333. The molecule has 2 heterocycles. The quantitative estimate of drug-likeness (QED) is 0.731. The Bertz CT molecular complexity index is 236. The number of ether oxygens (including phenoxy) is 1. The summed E-state index contributed by atoms with van der Waals surface area (Å²) in [5.74, 6) is 1.03. The van der Waals surface area contributed by atoms with Crippen molar-refractivity contribution < 1.29 is 9.53 Å². The Morgan fingerprint density at radius 2 is 2.25 bits per heavy atom. The van der Waals surface area contributed by atoms with Crippen LogP contribution in [-0.2, 0) is 9.53 Å². The molecule has 0 aromatic heterocycles. The lowest BCUT2D eigenvalue weighted by molar-refractivity contribution is -0.118. The van der Waals surface area contributed by atoms with Crippen LogP contribution in [0.5, 0.6) is 0 Å². The molecule has 0 N–H and O–H groups in total. The highest BCUT2D eigenvalue weighted by Gasteiger charge is 2.27. The molecule has 92 valence electrons. The summed E-state index contributed by atoms with van der Waals surface area (Å²) in [4.78, 5) is 13.8. The van der Waals surface area contributed by atoms with Crippen molar-refractivity contribution in [2.24, 2.45) is 5.92 Å². The van der Waals surface area contributed by atoms with Gasteiger partial charge in [0.25, 0.3) is 0 Å². The molecule has 0 spiro atoms. The van der Waals surface area contributed by atoms with Crippen molar-refractivity contribution in [2.45, 2.75) is 45.1 Å². The van der Waals surface area contributed by atoms with E-state index >= 15 is 0 Å². The number of hydrogen-bond acceptors (Lipinski definition) is 3. The maximum atomic E-state index is 11.2. The highest BCUT2D eigenvalue weighted by atomic mass is 16.5. The second kappa shape index (κ2) is 5.78. The summed E-state index contributed by atoms with van der Waals surface area (Å²) in [5.41, 5.74) is 0. The molecular weight excluding hydrogens is 202 g/mol. The second-order valence-electron chi connectivity index (χ2n) is 5.28. The predicted molar refractivity (Wildman–Crippen MR) is 63.4 cm³/mol. The SMILES string of the molecule is CC(=O)CC1CCCCN1CC1CCOC1. The molecule has 2 aliphatic rings. The Kier molecular flexibility index (Phi) is 4.36. The molecule has 2 saturated heterocycles. The van der Waals surface area contributed by atoms with Gasteiger partial charge in [-0.05, 0) is 38.6 Å². The number of carbonyl (C=O) groups is 1. The number of carbonyl (C=O) groups excluding carboxylic acids is 1. The minimum Gasteiger partial charge on any atom is -0.381 e. The fourth-order valence-corrected chi connectivity index (χ4v) is 2.92. The van der Waals surface area contributed by atoms with Gasteiger partial charge in [0, 0.05) is 25.6 Å². The number of Topliss-reactive ketones (excluding diaryl/α,β-unsaturated/α-hetero) is 1. The Morgan fingerprint density at radius 1 is 1.38 bits per heavy atom. The van der Waals surface area contributed by atoms with Crippen LogP contribution < -0.4 is 0 Å². The first-order valence-corrected chi connectivity index (χ1v) is 6.57. The third-order valence-corrected chi connectivity index (χ3v) is 3.79. The summed E-state index contributed by atoms with van der Waals surface area (Å²) in [6.45, 7) is 5.87. The number of nitrogens with zero attached hydrogens (tertiary/aromatic N) is 1. The van der Waals surface area contributed by atoms with Crippen molar-refractivity contribution in [1.29, 1.82) is 0 Å². The Hall–Kier alpha value is -0.410. The summed E-state index contributed by atoms with van der Waals surface area (Å²) in [6, 6.07) is 0.506. The fourth-order valence-electron chi connectivity index (χ4n) is 2.92. The summed E-state index contributed by atoms with van der Waals surface area (Å²) in [6.07, 6.45) is 5.72. The maximum absolute atomic E-state index is 11.2. The van der Waals surface area contributed by atoms with E-state index in [9.17, 15) is 4.79 Å². The van der Waals surface area contributed by atoms with Gasteiger partial charge in [0.05, 0.1) is 6.61 Å². The molecule has 2 rings (SSSR count). The minimum atomic E-state index is 0.333. The summed E-state index contributed by atoms with van der Waals surface area (Å²) >= 11 is 0. The first-order valence-electron chi connectivity index (χ1n) is 6.57. The van der Waals surface area contributed by atoms with Crippen LogP contribution in [0.4, 0.5) is 0 Å². The predicted octanol–water partition coefficient (Wildman–Crippen LogP) is 1.86. The van der Waals surface area contributed by atoms with Gasteiger partial charge in [0.1, 0.15) is 5.78 Å². The van der Waals surface area contributed by atoms with Crippen LogP contribution in [0.15, 0.2) is 0 Å². The van der Waals surface area contributed by atoms with E-state index in [-0.39, 0.29) is 0 Å². The van der Waals surface area contributed by atoms with Crippen LogP contribution in [0.3, 0.4) is 0 Å². The van der Waals surface area contributed by atoms with E-state index in [0.29, 0.717) is 17.7 Å². The molecule has 2 atom stereocenters. The molecule has 0 bridgehead atoms. The second-order valence-corrected chi connectivity index (χ2v) is 5.28. The molecule has 2 unspecified atom stereocenters. The molecule has 16 heavy (non-hydrogen) atoms. The number of piperidine rings is 1. The Morgan fingerprint density at radius 3 is 2.94 bits per heavy atom. The standard InChI is InChI=1S/C13H23NO2/c1-11(15)8-13-4-2-3-6-14(13)9-12-5-7-16-10-12/h12-13H,2-10H2,1H3. The molecule has 3 nitrogen and oxygen atoms in total. The van der Waals surface area contributed by atoms with E-state index in [1.54, 1.807) is 6.92 Å². The van der Waals surface area contributed by atoms with E-state index in [1.165, 1.54) is 32.2 Å². The number of likely N-dealkylation sites (tertiary alicyclic amines) is 1. The van der Waals surface area contributed by atoms with E-state index in [4.69, 9.17) is 4.74 Å². The average molecular weight is 225 g/mol. The lowest BCUT2D eigenvalue weighted by Gasteiger charge is -2.36. The van der Waals surface area contributed by atoms with Crippen LogP contribution in [-0.4, -0.2) is 43.0 Å². The number of hydrogen-bond donors (Lipinski definition) is 0. The molecule has 0 aromatic rings. The average Bonchev–Trinajstić information content (AvgIpc) is 2.73. The molecular formula is C13H23NO2. The smallest absolute Gasteiger partial charge is 0.131 e. The van der Waals surface area contributed by atoms with Crippen LogP contribution >= 0.6 is 0 Å². The van der Waals surface area contributed by atoms with E-state index < -0.39 is 0 Å². The molecule has 0 aliphatic carbocycles. The highest BCUT2D eigenvalue weighted by molar-refractivity contribution is 5.76. The zero-order valence-electron chi connectivity index (χ0n) is 10.3. The van der Waals surface area contributed by atoms with Crippen molar-refractivity contribution in [2.75, 3.05) is 26.3 Å². The van der Waals surface area contributed by atoms with Crippen LogP contribution in [0, 0.1) is 5.92 Å². The zero-order chi connectivity index (χ0) is 11.4. The lowest BCUT2D eigenvalue weighted by Crippen LogP contribution is -2.43. The largest absolute Gasteiger partial charge is 0.381 e. The topological polar surface area (TPSA) is 29.5 Å². The van der Waals surface area contributed by atoms with Gasteiger partial charge in [-0.3, -0.25) is 9.69 Å².